The zero-order valence-corrected chi connectivity index (χ0v) is 26.4. The van der Waals surface area contributed by atoms with Crippen molar-refractivity contribution in [3.8, 4) is 0 Å². The lowest BCUT2D eigenvalue weighted by Gasteiger charge is -2.49. The Bertz CT molecular complexity index is 490. The predicted molar refractivity (Wildman–Crippen MR) is 138 cm³/mol. The van der Waals surface area contributed by atoms with Gasteiger partial charge in [-0.15, -0.1) is 0 Å². The Kier molecular flexibility index (Phi) is 13.0. The van der Waals surface area contributed by atoms with E-state index in [9.17, 15) is 0 Å². The Balaban J connectivity index is 3.43. The zero-order valence-electron chi connectivity index (χ0n) is 22.4. The second kappa shape index (κ2) is 13.6. The zero-order chi connectivity index (χ0) is 24.5. The predicted octanol–water partition coefficient (Wildman–Crippen LogP) is 5.49. The van der Waals surface area contributed by atoms with Gasteiger partial charge in [0, 0.05) is 26.2 Å². The number of rotatable bonds is 14. The molecule has 0 radical (unpaired) electrons. The molecular formula is C20H50N2O6Si4. The van der Waals surface area contributed by atoms with Gasteiger partial charge < -0.3 is 16.5 Å². The monoisotopic (exact) mass is 526 g/mol. The van der Waals surface area contributed by atoms with Gasteiger partial charge in [0.2, 0.25) is 0 Å². The second-order valence-corrected chi connectivity index (χ2v) is 22.3. The number of hydrogen-bond donors (Lipinski definition) is 0. The van der Waals surface area contributed by atoms with Gasteiger partial charge in [0.25, 0.3) is 0 Å². The summed E-state index contributed by atoms with van der Waals surface area (Å²) >= 11 is 0. The maximum atomic E-state index is 6.98. The highest BCUT2D eigenvalue weighted by Gasteiger charge is 2.63. The average Bonchev–Trinajstić information content (AvgIpc) is 2.70. The summed E-state index contributed by atoms with van der Waals surface area (Å²) in [7, 11) is -11.5. The minimum atomic E-state index is -3.62. The summed E-state index contributed by atoms with van der Waals surface area (Å²) in [5, 5.41) is 3.70. The molecule has 32 heavy (non-hydrogen) atoms. The fourth-order valence-electron chi connectivity index (χ4n) is 3.92. The minimum absolute atomic E-state index is 0.705. The molecule has 1 fully saturated rings. The lowest BCUT2D eigenvalue weighted by atomic mass is 10.4. The molecule has 192 valence electrons. The van der Waals surface area contributed by atoms with Crippen molar-refractivity contribution in [3.05, 3.63) is 0 Å². The van der Waals surface area contributed by atoms with E-state index in [0.29, 0.717) is 26.2 Å². The van der Waals surface area contributed by atoms with E-state index in [0.717, 1.165) is 37.8 Å². The molecular weight excluding hydrogens is 477 g/mol. The van der Waals surface area contributed by atoms with E-state index in [4.69, 9.17) is 25.5 Å². The Morgan fingerprint density at radius 1 is 0.562 bits per heavy atom. The summed E-state index contributed by atoms with van der Waals surface area (Å²) in [5.74, 6) is 0. The van der Waals surface area contributed by atoms with Crippen molar-refractivity contribution in [1.29, 1.82) is 0 Å². The van der Waals surface area contributed by atoms with Crippen LogP contribution in [-0.4, -0.2) is 71.0 Å². The van der Waals surface area contributed by atoms with E-state index >= 15 is 0 Å². The maximum absolute atomic E-state index is 6.98. The molecule has 0 aliphatic carbocycles. The molecule has 0 amide bonds. The molecule has 0 atom stereocenters. The molecule has 0 N–H and O–H groups in total. The highest BCUT2D eigenvalue weighted by molar-refractivity contribution is 6.91. The number of hydroxylamine groups is 4. The van der Waals surface area contributed by atoms with Gasteiger partial charge in [-0.05, 0) is 38.3 Å². The molecule has 8 nitrogen and oxygen atoms in total. The Morgan fingerprint density at radius 2 is 0.906 bits per heavy atom. The van der Waals surface area contributed by atoms with Gasteiger partial charge in [-0.25, -0.2) is 0 Å². The van der Waals surface area contributed by atoms with Gasteiger partial charge in [-0.1, -0.05) is 67.2 Å². The fourth-order valence-corrected chi connectivity index (χ4v) is 23.5. The molecule has 1 heterocycles. The van der Waals surface area contributed by atoms with Gasteiger partial charge in [0.1, 0.15) is 0 Å². The smallest absolute Gasteiger partial charge is 0.416 e. The van der Waals surface area contributed by atoms with Crippen molar-refractivity contribution in [3.63, 3.8) is 0 Å². The van der Waals surface area contributed by atoms with Gasteiger partial charge in [0.15, 0.2) is 0 Å². The third kappa shape index (κ3) is 9.66. The average molecular weight is 527 g/mol. The molecule has 0 bridgehead atoms. The maximum Gasteiger partial charge on any atom is 0.696 e. The largest absolute Gasteiger partial charge is 0.696 e. The number of nitrogens with zero attached hydrogens (tertiary/aromatic N) is 2. The van der Waals surface area contributed by atoms with Crippen LogP contribution >= 0.6 is 0 Å². The molecule has 12 heteroatoms. The highest BCUT2D eigenvalue weighted by atomic mass is 28.5. The summed E-state index contributed by atoms with van der Waals surface area (Å²) in [4.78, 5) is 0. The molecule has 1 aliphatic rings. The van der Waals surface area contributed by atoms with Crippen LogP contribution in [0.3, 0.4) is 0 Å². The quantitative estimate of drug-likeness (QED) is 0.217. The SMILES string of the molecule is CCCC[Si]1(CCCC)O[Si](C)(C)O[Si](ON(CC)CC)(ON(CC)CC)O[Si](C)(C)O1. The molecule has 0 spiro atoms. The van der Waals surface area contributed by atoms with E-state index in [1.807, 2.05) is 10.1 Å². The van der Waals surface area contributed by atoms with Crippen molar-refractivity contribution in [2.75, 3.05) is 26.2 Å². The van der Waals surface area contributed by atoms with Crippen molar-refractivity contribution >= 4 is 34.7 Å². The van der Waals surface area contributed by atoms with Crippen LogP contribution in [-0.2, 0) is 25.5 Å². The number of hydrogen-bond acceptors (Lipinski definition) is 8. The normalized spacial score (nSPS) is 22.1. The Hall–Kier alpha value is 0.548. The van der Waals surface area contributed by atoms with Gasteiger partial charge in [0.05, 0.1) is 0 Å². The van der Waals surface area contributed by atoms with Crippen LogP contribution in [0.2, 0.25) is 38.3 Å². The van der Waals surface area contributed by atoms with Crippen LogP contribution in [0.15, 0.2) is 0 Å². The summed E-state index contributed by atoms with van der Waals surface area (Å²) in [6, 6.07) is 1.96. The summed E-state index contributed by atoms with van der Waals surface area (Å²) in [6.45, 7) is 23.8. The first kappa shape index (κ1) is 30.6. The van der Waals surface area contributed by atoms with Gasteiger partial charge in [-0.3, -0.25) is 9.05 Å². The summed E-state index contributed by atoms with van der Waals surface area (Å²) in [6.07, 6.45) is 4.43. The van der Waals surface area contributed by atoms with E-state index in [2.05, 4.69) is 67.7 Å². The van der Waals surface area contributed by atoms with Gasteiger partial charge in [-0.2, -0.15) is 10.1 Å². The van der Waals surface area contributed by atoms with Crippen molar-refractivity contribution in [1.82, 2.24) is 10.1 Å². The lowest BCUT2D eigenvalue weighted by molar-refractivity contribution is -0.199. The van der Waals surface area contributed by atoms with Crippen LogP contribution in [0.5, 0.6) is 0 Å². The summed E-state index contributed by atoms with van der Waals surface area (Å²) in [5.41, 5.74) is 0. The Morgan fingerprint density at radius 3 is 1.19 bits per heavy atom. The third-order valence-electron chi connectivity index (χ3n) is 5.32. The third-order valence-corrected chi connectivity index (χ3v) is 21.4. The molecule has 1 rings (SSSR count). The van der Waals surface area contributed by atoms with E-state index in [1.54, 1.807) is 0 Å². The molecule has 1 aliphatic heterocycles. The summed E-state index contributed by atoms with van der Waals surface area (Å²) < 4.78 is 40.4. The van der Waals surface area contributed by atoms with Gasteiger partial charge >= 0.3 is 34.7 Å². The van der Waals surface area contributed by atoms with Crippen molar-refractivity contribution in [2.24, 2.45) is 0 Å². The molecule has 0 saturated carbocycles. The molecule has 1 saturated heterocycles. The molecule has 0 unspecified atom stereocenters. The van der Waals surface area contributed by atoms with E-state index < -0.39 is 34.7 Å². The van der Waals surface area contributed by atoms with Crippen LogP contribution in [0.1, 0.15) is 67.2 Å². The lowest BCUT2D eigenvalue weighted by Crippen LogP contribution is -2.71. The van der Waals surface area contributed by atoms with Crippen LogP contribution < -0.4 is 0 Å². The fraction of sp³-hybridized carbons (Fsp3) is 1.00. The standard InChI is InChI=1S/C20H50N2O6Si4/c1-11-17-19-31(20-18-12-2)25-29(7,8)27-32(23-21(13-3)14-4,24-22(15-5)16-6)28-30(9,10)26-31/h11-20H2,1-10H3. The van der Waals surface area contributed by atoms with E-state index in [-0.39, 0.29) is 0 Å². The van der Waals surface area contributed by atoms with Crippen LogP contribution in [0, 0.1) is 0 Å². The first-order valence-electron chi connectivity index (χ1n) is 12.6. The number of unbranched alkanes of at least 4 members (excludes halogenated alkanes) is 2. The minimum Gasteiger partial charge on any atom is -0.416 e. The van der Waals surface area contributed by atoms with Crippen LogP contribution in [0.4, 0.5) is 0 Å². The first-order chi connectivity index (χ1) is 14.9. The molecule has 0 aromatic carbocycles. The highest BCUT2D eigenvalue weighted by Crippen LogP contribution is 2.37. The molecule has 0 aromatic rings. The topological polar surface area (TPSA) is 61.9 Å². The van der Waals surface area contributed by atoms with Crippen molar-refractivity contribution in [2.45, 2.75) is 106 Å². The Labute approximate surface area is 202 Å². The van der Waals surface area contributed by atoms with Crippen molar-refractivity contribution < 1.29 is 25.5 Å². The second-order valence-electron chi connectivity index (χ2n) is 9.24. The van der Waals surface area contributed by atoms with Crippen LogP contribution in [0.25, 0.3) is 0 Å². The molecule has 0 aromatic heterocycles. The van der Waals surface area contributed by atoms with E-state index in [1.165, 1.54) is 0 Å². The first-order valence-corrected chi connectivity index (χ1v) is 22.1.